The lowest BCUT2D eigenvalue weighted by Crippen LogP contribution is -1.93. The Morgan fingerprint density at radius 1 is 0.941 bits per heavy atom. The molecule has 0 radical (unpaired) electrons. The molecule has 0 aliphatic carbocycles. The first kappa shape index (κ1) is 11.1. The van der Waals surface area contributed by atoms with Crippen LogP contribution in [0, 0.1) is 11.8 Å². The van der Waals surface area contributed by atoms with Gasteiger partial charge in [0.1, 0.15) is 6.61 Å². The molecular weight excluding hydrogens is 212 g/mol. The molecule has 1 N–H and O–H groups in total. The molecule has 0 saturated carbocycles. The number of aromatic hydroxyl groups is 1. The summed E-state index contributed by atoms with van der Waals surface area (Å²) in [6.45, 7) is 0.256. The van der Waals surface area contributed by atoms with E-state index in [9.17, 15) is 5.11 Å². The Hall–Kier alpha value is -2.40. The Kier molecular flexibility index (Phi) is 3.67. The summed E-state index contributed by atoms with van der Waals surface area (Å²) in [6, 6.07) is 16.5. The topological polar surface area (TPSA) is 29.5 Å². The molecule has 0 fully saturated rings. The normalized spacial score (nSPS) is 9.18. The Morgan fingerprint density at radius 2 is 1.65 bits per heavy atom. The summed E-state index contributed by atoms with van der Waals surface area (Å²) >= 11 is 0. The van der Waals surface area contributed by atoms with E-state index in [1.807, 2.05) is 30.3 Å². The van der Waals surface area contributed by atoms with Crippen molar-refractivity contribution in [3.8, 4) is 23.3 Å². The molecule has 2 aromatic rings. The van der Waals surface area contributed by atoms with Gasteiger partial charge in [-0.25, -0.2) is 0 Å². The highest BCUT2D eigenvalue weighted by Gasteiger charge is 1.97. The van der Waals surface area contributed by atoms with Crippen LogP contribution in [-0.4, -0.2) is 11.7 Å². The molecule has 0 aliphatic rings. The third kappa shape index (κ3) is 3.29. The lowest BCUT2D eigenvalue weighted by Gasteiger charge is -2.02. The average Bonchev–Trinajstić information content (AvgIpc) is 2.38. The van der Waals surface area contributed by atoms with Gasteiger partial charge in [0.15, 0.2) is 11.5 Å². The van der Waals surface area contributed by atoms with Gasteiger partial charge in [-0.05, 0) is 24.3 Å². The molecule has 0 aromatic heterocycles. The third-order valence-corrected chi connectivity index (χ3v) is 2.17. The predicted molar refractivity (Wildman–Crippen MR) is 66.9 cm³/mol. The number of phenolic OH excluding ortho intramolecular Hbond substituents is 1. The van der Waals surface area contributed by atoms with Gasteiger partial charge in [0.2, 0.25) is 0 Å². The second-order valence-corrected chi connectivity index (χ2v) is 3.42. The van der Waals surface area contributed by atoms with Crippen LogP contribution in [0.25, 0.3) is 0 Å². The molecule has 0 spiro atoms. The minimum Gasteiger partial charge on any atom is -0.504 e. The van der Waals surface area contributed by atoms with E-state index in [-0.39, 0.29) is 12.4 Å². The quantitative estimate of drug-likeness (QED) is 0.795. The maximum atomic E-state index is 9.45. The molecule has 2 aromatic carbocycles. The summed E-state index contributed by atoms with van der Waals surface area (Å²) in [5.41, 5.74) is 0.952. The maximum Gasteiger partial charge on any atom is 0.162 e. The monoisotopic (exact) mass is 224 g/mol. The van der Waals surface area contributed by atoms with Gasteiger partial charge >= 0.3 is 0 Å². The van der Waals surface area contributed by atoms with E-state index < -0.39 is 0 Å². The number of para-hydroxylation sites is 2. The van der Waals surface area contributed by atoms with Crippen molar-refractivity contribution in [3.05, 3.63) is 60.2 Å². The number of hydrogen-bond acceptors (Lipinski definition) is 2. The molecule has 0 bridgehead atoms. The van der Waals surface area contributed by atoms with E-state index in [0.29, 0.717) is 5.75 Å². The molecule has 0 heterocycles. The zero-order valence-corrected chi connectivity index (χ0v) is 9.26. The Bertz CT molecular complexity index is 536. The molecule has 0 amide bonds. The number of phenols is 1. The van der Waals surface area contributed by atoms with Crippen molar-refractivity contribution in [1.82, 2.24) is 0 Å². The minimum atomic E-state index is 0.133. The predicted octanol–water partition coefficient (Wildman–Crippen LogP) is 2.82. The first-order valence-electron chi connectivity index (χ1n) is 5.31. The lowest BCUT2D eigenvalue weighted by molar-refractivity contribution is 0.342. The molecule has 0 aliphatic heterocycles. The fourth-order valence-corrected chi connectivity index (χ4v) is 1.35. The van der Waals surface area contributed by atoms with Crippen LogP contribution in [0.3, 0.4) is 0 Å². The highest BCUT2D eigenvalue weighted by atomic mass is 16.5. The second-order valence-electron chi connectivity index (χ2n) is 3.42. The fraction of sp³-hybridized carbons (Fsp3) is 0.0667. The first-order chi connectivity index (χ1) is 8.36. The minimum absolute atomic E-state index is 0.133. The van der Waals surface area contributed by atoms with Crippen LogP contribution in [-0.2, 0) is 0 Å². The highest BCUT2D eigenvalue weighted by molar-refractivity contribution is 5.38. The van der Waals surface area contributed by atoms with Crippen LogP contribution < -0.4 is 4.74 Å². The summed E-state index contributed by atoms with van der Waals surface area (Å²) in [5.74, 6) is 6.46. The van der Waals surface area contributed by atoms with Crippen molar-refractivity contribution < 1.29 is 9.84 Å². The van der Waals surface area contributed by atoms with E-state index in [2.05, 4.69) is 11.8 Å². The van der Waals surface area contributed by atoms with Crippen molar-refractivity contribution in [2.75, 3.05) is 6.61 Å². The Labute approximate surface area is 100 Å². The van der Waals surface area contributed by atoms with Crippen LogP contribution in [0.2, 0.25) is 0 Å². The maximum absolute atomic E-state index is 9.45. The molecule has 2 nitrogen and oxygen atoms in total. The van der Waals surface area contributed by atoms with E-state index in [1.54, 1.807) is 24.3 Å². The third-order valence-electron chi connectivity index (χ3n) is 2.17. The second kappa shape index (κ2) is 5.62. The number of ether oxygens (including phenoxy) is 1. The van der Waals surface area contributed by atoms with Crippen LogP contribution in [0.5, 0.6) is 11.5 Å². The summed E-state index contributed by atoms with van der Waals surface area (Å²) in [7, 11) is 0. The van der Waals surface area contributed by atoms with Gasteiger partial charge in [-0.15, -0.1) is 0 Å². The summed E-state index contributed by atoms with van der Waals surface area (Å²) in [6.07, 6.45) is 0. The van der Waals surface area contributed by atoms with Gasteiger partial charge in [-0.3, -0.25) is 0 Å². The highest BCUT2D eigenvalue weighted by Crippen LogP contribution is 2.23. The molecule has 2 rings (SSSR count). The molecule has 0 atom stereocenters. The van der Waals surface area contributed by atoms with E-state index in [0.717, 1.165) is 5.56 Å². The van der Waals surface area contributed by atoms with Crippen molar-refractivity contribution in [2.24, 2.45) is 0 Å². The smallest absolute Gasteiger partial charge is 0.162 e. The van der Waals surface area contributed by atoms with Crippen LogP contribution in [0.4, 0.5) is 0 Å². The fourth-order valence-electron chi connectivity index (χ4n) is 1.35. The summed E-state index contributed by atoms with van der Waals surface area (Å²) < 4.78 is 5.33. The van der Waals surface area contributed by atoms with Crippen molar-refractivity contribution in [2.45, 2.75) is 0 Å². The van der Waals surface area contributed by atoms with Gasteiger partial charge in [-0.2, -0.15) is 0 Å². The molecule has 17 heavy (non-hydrogen) atoms. The molecule has 84 valence electrons. The van der Waals surface area contributed by atoms with Gasteiger partial charge in [0.25, 0.3) is 0 Å². The standard InChI is InChI=1S/C15H12O2/c16-14-10-4-5-11-15(14)17-12-6-9-13-7-2-1-3-8-13/h1-5,7-8,10-11,16H,12H2. The zero-order chi connectivity index (χ0) is 11.9. The lowest BCUT2D eigenvalue weighted by atomic mass is 10.2. The van der Waals surface area contributed by atoms with Gasteiger partial charge in [0, 0.05) is 5.56 Å². The molecule has 0 saturated heterocycles. The van der Waals surface area contributed by atoms with E-state index in [4.69, 9.17) is 4.74 Å². The summed E-state index contributed by atoms with van der Waals surface area (Å²) in [4.78, 5) is 0. The Balaban J connectivity index is 1.93. The molecule has 2 heteroatoms. The summed E-state index contributed by atoms with van der Waals surface area (Å²) in [5, 5.41) is 9.45. The first-order valence-corrected chi connectivity index (χ1v) is 5.31. The van der Waals surface area contributed by atoms with Crippen molar-refractivity contribution >= 4 is 0 Å². The Morgan fingerprint density at radius 3 is 2.41 bits per heavy atom. The molecular formula is C15H12O2. The van der Waals surface area contributed by atoms with Crippen LogP contribution >= 0.6 is 0 Å². The van der Waals surface area contributed by atoms with Gasteiger partial charge in [-0.1, -0.05) is 42.2 Å². The van der Waals surface area contributed by atoms with E-state index >= 15 is 0 Å². The van der Waals surface area contributed by atoms with Crippen molar-refractivity contribution in [1.29, 1.82) is 0 Å². The van der Waals surface area contributed by atoms with Crippen LogP contribution in [0.1, 0.15) is 5.56 Å². The largest absolute Gasteiger partial charge is 0.504 e. The SMILES string of the molecule is Oc1ccccc1OCC#Cc1ccccc1. The van der Waals surface area contributed by atoms with Gasteiger partial charge < -0.3 is 9.84 Å². The van der Waals surface area contributed by atoms with E-state index in [1.165, 1.54) is 0 Å². The van der Waals surface area contributed by atoms with Gasteiger partial charge in [0.05, 0.1) is 0 Å². The van der Waals surface area contributed by atoms with Crippen molar-refractivity contribution in [3.63, 3.8) is 0 Å². The number of hydrogen-bond donors (Lipinski definition) is 1. The molecule has 0 unspecified atom stereocenters. The average molecular weight is 224 g/mol. The number of benzene rings is 2. The van der Waals surface area contributed by atoms with Crippen LogP contribution in [0.15, 0.2) is 54.6 Å². The zero-order valence-electron chi connectivity index (χ0n) is 9.26. The number of rotatable bonds is 2.